The summed E-state index contributed by atoms with van der Waals surface area (Å²) in [5.74, 6) is 0.00197. The van der Waals surface area contributed by atoms with Crippen molar-refractivity contribution in [2.24, 2.45) is 0 Å². The van der Waals surface area contributed by atoms with E-state index in [2.05, 4.69) is 0 Å². The van der Waals surface area contributed by atoms with Gasteiger partial charge in [-0.3, -0.25) is 9.59 Å². The first-order valence-electron chi connectivity index (χ1n) is 5.03. The summed E-state index contributed by atoms with van der Waals surface area (Å²) in [7, 11) is 0. The van der Waals surface area contributed by atoms with Crippen LogP contribution in [0.25, 0.3) is 0 Å². The molecule has 0 aliphatic carbocycles. The zero-order valence-electron chi connectivity index (χ0n) is 9.32. The molecule has 0 atom stereocenters. The SMILES string of the molecule is C/C=C/C(=O)COCCOCC(=O)CC. The Hall–Kier alpha value is -1.00. The van der Waals surface area contributed by atoms with Gasteiger partial charge in [0.05, 0.1) is 13.2 Å². The molecule has 0 rings (SSSR count). The summed E-state index contributed by atoms with van der Waals surface area (Å²) < 4.78 is 10.1. The minimum absolute atomic E-state index is 0.0649. The van der Waals surface area contributed by atoms with Crippen LogP contribution in [0.4, 0.5) is 0 Å². The third-order valence-corrected chi connectivity index (χ3v) is 1.63. The van der Waals surface area contributed by atoms with E-state index in [9.17, 15) is 9.59 Å². The fourth-order valence-corrected chi connectivity index (χ4v) is 0.813. The zero-order chi connectivity index (χ0) is 11.5. The summed E-state index contributed by atoms with van der Waals surface area (Å²) in [6.07, 6.45) is 3.62. The number of carbonyl (C=O) groups is 2. The Balaban J connectivity index is 3.25. The predicted molar refractivity (Wildman–Crippen MR) is 56.8 cm³/mol. The quantitative estimate of drug-likeness (QED) is 0.426. The topological polar surface area (TPSA) is 52.6 Å². The van der Waals surface area contributed by atoms with Crippen molar-refractivity contribution in [2.45, 2.75) is 20.3 Å². The average molecular weight is 214 g/mol. The van der Waals surface area contributed by atoms with Crippen LogP contribution < -0.4 is 0 Å². The van der Waals surface area contributed by atoms with Crippen LogP contribution in [0.1, 0.15) is 20.3 Å². The summed E-state index contributed by atoms with van der Waals surface area (Å²) >= 11 is 0. The van der Waals surface area contributed by atoms with E-state index in [1.54, 1.807) is 19.9 Å². The summed E-state index contributed by atoms with van der Waals surface area (Å²) in [4.78, 5) is 21.7. The first-order chi connectivity index (χ1) is 7.20. The third kappa shape index (κ3) is 9.31. The van der Waals surface area contributed by atoms with Gasteiger partial charge in [-0.15, -0.1) is 0 Å². The molecule has 0 saturated carbocycles. The highest BCUT2D eigenvalue weighted by Gasteiger charge is 1.98. The zero-order valence-corrected chi connectivity index (χ0v) is 9.32. The van der Waals surface area contributed by atoms with Gasteiger partial charge in [0.25, 0.3) is 0 Å². The van der Waals surface area contributed by atoms with Gasteiger partial charge in [0.2, 0.25) is 0 Å². The first kappa shape index (κ1) is 14.0. The van der Waals surface area contributed by atoms with Crippen molar-refractivity contribution >= 4 is 11.6 Å². The molecule has 0 heterocycles. The molecule has 0 radical (unpaired) electrons. The molecule has 0 aromatic heterocycles. The van der Waals surface area contributed by atoms with Gasteiger partial charge in [-0.05, 0) is 13.0 Å². The van der Waals surface area contributed by atoms with Crippen LogP contribution in [-0.4, -0.2) is 38.0 Å². The Morgan fingerprint density at radius 1 is 1.13 bits per heavy atom. The van der Waals surface area contributed by atoms with Crippen LogP contribution in [0, 0.1) is 0 Å². The highest BCUT2D eigenvalue weighted by atomic mass is 16.5. The predicted octanol–water partition coefficient (Wildman–Crippen LogP) is 1.14. The van der Waals surface area contributed by atoms with Crippen molar-refractivity contribution in [3.63, 3.8) is 0 Å². The first-order valence-corrected chi connectivity index (χ1v) is 5.03. The van der Waals surface area contributed by atoms with Gasteiger partial charge < -0.3 is 9.47 Å². The number of rotatable bonds is 9. The molecule has 0 aliphatic rings. The molecule has 0 aromatic rings. The maximum atomic E-state index is 10.9. The minimum Gasteiger partial charge on any atom is -0.371 e. The van der Waals surface area contributed by atoms with E-state index in [1.165, 1.54) is 6.08 Å². The fourth-order valence-electron chi connectivity index (χ4n) is 0.813. The maximum absolute atomic E-state index is 10.9. The molecule has 0 unspecified atom stereocenters. The van der Waals surface area contributed by atoms with Crippen LogP contribution in [0.5, 0.6) is 0 Å². The van der Waals surface area contributed by atoms with Gasteiger partial charge in [0, 0.05) is 6.42 Å². The van der Waals surface area contributed by atoms with Gasteiger partial charge in [-0.1, -0.05) is 13.0 Å². The van der Waals surface area contributed by atoms with Crippen LogP contribution in [0.3, 0.4) is 0 Å². The standard InChI is InChI=1S/C11H18O4/c1-3-5-11(13)9-15-7-6-14-8-10(12)4-2/h3,5H,4,6-9H2,1-2H3/b5-3+. The van der Waals surface area contributed by atoms with Gasteiger partial charge in [0.1, 0.15) is 13.2 Å². The Morgan fingerprint density at radius 2 is 1.73 bits per heavy atom. The van der Waals surface area contributed by atoms with E-state index >= 15 is 0 Å². The van der Waals surface area contributed by atoms with Crippen molar-refractivity contribution in [3.05, 3.63) is 12.2 Å². The lowest BCUT2D eigenvalue weighted by Crippen LogP contribution is -2.13. The van der Waals surface area contributed by atoms with Crippen molar-refractivity contribution in [1.29, 1.82) is 0 Å². The molecule has 86 valence electrons. The minimum atomic E-state index is -0.0675. The lowest BCUT2D eigenvalue weighted by molar-refractivity contribution is -0.125. The highest BCUT2D eigenvalue weighted by molar-refractivity contribution is 5.90. The summed E-state index contributed by atoms with van der Waals surface area (Å²) in [6.45, 7) is 4.43. The van der Waals surface area contributed by atoms with Crippen LogP contribution >= 0.6 is 0 Å². The number of hydrogen-bond donors (Lipinski definition) is 0. The Kier molecular flexibility index (Phi) is 8.91. The Labute approximate surface area is 90.2 Å². The number of allylic oxidation sites excluding steroid dienone is 1. The number of carbonyl (C=O) groups excluding carboxylic acids is 2. The monoisotopic (exact) mass is 214 g/mol. The van der Waals surface area contributed by atoms with Gasteiger partial charge >= 0.3 is 0 Å². The van der Waals surface area contributed by atoms with E-state index in [1.807, 2.05) is 0 Å². The average Bonchev–Trinajstić information content (AvgIpc) is 2.23. The van der Waals surface area contributed by atoms with E-state index in [-0.39, 0.29) is 24.8 Å². The second-order valence-electron chi connectivity index (χ2n) is 2.96. The van der Waals surface area contributed by atoms with Crippen LogP contribution in [0.2, 0.25) is 0 Å². The molecular formula is C11H18O4. The molecule has 4 nitrogen and oxygen atoms in total. The molecule has 0 saturated heterocycles. The fraction of sp³-hybridized carbons (Fsp3) is 0.636. The molecule has 0 spiro atoms. The molecule has 0 aliphatic heterocycles. The van der Waals surface area contributed by atoms with E-state index in [0.717, 1.165) is 0 Å². The van der Waals surface area contributed by atoms with Gasteiger partial charge in [-0.25, -0.2) is 0 Å². The second-order valence-corrected chi connectivity index (χ2v) is 2.96. The van der Waals surface area contributed by atoms with Crippen molar-refractivity contribution in [1.82, 2.24) is 0 Å². The lowest BCUT2D eigenvalue weighted by Gasteiger charge is -2.02. The smallest absolute Gasteiger partial charge is 0.180 e. The Morgan fingerprint density at radius 3 is 2.27 bits per heavy atom. The Bertz CT molecular complexity index is 221. The normalized spacial score (nSPS) is 10.8. The van der Waals surface area contributed by atoms with Gasteiger partial charge in [-0.2, -0.15) is 0 Å². The molecule has 0 bridgehead atoms. The second kappa shape index (κ2) is 9.55. The molecule has 0 amide bonds. The number of ether oxygens (including phenoxy) is 2. The van der Waals surface area contributed by atoms with Crippen molar-refractivity contribution < 1.29 is 19.1 Å². The van der Waals surface area contributed by atoms with Crippen LogP contribution in [0.15, 0.2) is 12.2 Å². The summed E-state index contributed by atoms with van der Waals surface area (Å²) in [6, 6.07) is 0. The highest BCUT2D eigenvalue weighted by Crippen LogP contribution is 1.85. The summed E-state index contributed by atoms with van der Waals surface area (Å²) in [5.41, 5.74) is 0. The molecule has 15 heavy (non-hydrogen) atoms. The number of Topliss-reactive ketones (excluding diaryl/α,β-unsaturated/α-hetero) is 1. The van der Waals surface area contributed by atoms with E-state index < -0.39 is 0 Å². The molecule has 4 heteroatoms. The summed E-state index contributed by atoms with van der Waals surface area (Å²) in [5, 5.41) is 0. The number of hydrogen-bond acceptors (Lipinski definition) is 4. The van der Waals surface area contributed by atoms with Crippen molar-refractivity contribution in [3.8, 4) is 0 Å². The van der Waals surface area contributed by atoms with E-state index in [4.69, 9.17) is 9.47 Å². The molecular weight excluding hydrogens is 196 g/mol. The van der Waals surface area contributed by atoms with Gasteiger partial charge in [0.15, 0.2) is 11.6 Å². The van der Waals surface area contributed by atoms with E-state index in [0.29, 0.717) is 19.6 Å². The lowest BCUT2D eigenvalue weighted by atomic mass is 10.3. The third-order valence-electron chi connectivity index (χ3n) is 1.63. The maximum Gasteiger partial charge on any atom is 0.180 e. The van der Waals surface area contributed by atoms with Crippen LogP contribution in [-0.2, 0) is 19.1 Å². The van der Waals surface area contributed by atoms with Crippen molar-refractivity contribution in [2.75, 3.05) is 26.4 Å². The number of ketones is 2. The molecule has 0 aromatic carbocycles. The molecule has 0 N–H and O–H groups in total. The molecule has 0 fully saturated rings. The largest absolute Gasteiger partial charge is 0.371 e.